The predicted octanol–water partition coefficient (Wildman–Crippen LogP) is 4.65. The van der Waals surface area contributed by atoms with Crippen LogP contribution in [0.4, 0.5) is 31.2 Å². The number of rotatable bonds is 5. The quantitative estimate of drug-likeness (QED) is 0.588. The van der Waals surface area contributed by atoms with E-state index in [4.69, 9.17) is 11.6 Å². The minimum Gasteiger partial charge on any atom is -0.344 e. The Morgan fingerprint density at radius 3 is 2.73 bits per heavy atom. The van der Waals surface area contributed by atoms with E-state index in [-0.39, 0.29) is 19.0 Å². The van der Waals surface area contributed by atoms with Crippen molar-refractivity contribution in [3.63, 3.8) is 0 Å². The zero-order chi connectivity index (χ0) is 21.5. The van der Waals surface area contributed by atoms with E-state index in [0.29, 0.717) is 38.2 Å². The number of nitrogens with zero attached hydrogens (tertiary/aromatic N) is 4. The largest absolute Gasteiger partial charge is 0.344 e. The molecule has 0 atom stereocenters. The van der Waals surface area contributed by atoms with Crippen LogP contribution in [0, 0.1) is 13.8 Å². The van der Waals surface area contributed by atoms with Crippen molar-refractivity contribution in [3.8, 4) is 0 Å². The van der Waals surface area contributed by atoms with E-state index in [1.807, 2.05) is 13.0 Å². The summed E-state index contributed by atoms with van der Waals surface area (Å²) in [6.07, 6.45) is 1.44. The van der Waals surface area contributed by atoms with E-state index >= 15 is 0 Å². The van der Waals surface area contributed by atoms with Gasteiger partial charge >= 0.3 is 0 Å². The average Bonchev–Trinajstić information content (AvgIpc) is 3.11. The summed E-state index contributed by atoms with van der Waals surface area (Å²) in [4.78, 5) is 27.1. The summed E-state index contributed by atoms with van der Waals surface area (Å²) in [5.41, 5.74) is 1.40. The van der Waals surface area contributed by atoms with Crippen LogP contribution in [0.15, 0.2) is 30.5 Å². The van der Waals surface area contributed by atoms with Crippen LogP contribution in [0.25, 0.3) is 0 Å². The molecule has 4 rings (SSSR count). The number of aromatic nitrogens is 3. The van der Waals surface area contributed by atoms with Crippen molar-refractivity contribution in [1.29, 1.82) is 0 Å². The van der Waals surface area contributed by atoms with Gasteiger partial charge in [0, 0.05) is 6.07 Å². The lowest BCUT2D eigenvalue weighted by Gasteiger charge is -2.39. The number of thiazole rings is 1. The number of anilines is 4. The van der Waals surface area contributed by atoms with Gasteiger partial charge in [0.25, 0.3) is 11.8 Å². The number of para-hydroxylation sites is 1. The Balaban J connectivity index is 1.47. The highest BCUT2D eigenvalue weighted by Gasteiger charge is 2.44. The Kier molecular flexibility index (Phi) is 5.29. The summed E-state index contributed by atoms with van der Waals surface area (Å²) < 4.78 is 26.3. The van der Waals surface area contributed by atoms with E-state index in [2.05, 4.69) is 25.6 Å². The molecule has 1 amide bonds. The van der Waals surface area contributed by atoms with Crippen molar-refractivity contribution in [1.82, 2.24) is 15.0 Å². The lowest BCUT2D eigenvalue weighted by molar-refractivity contribution is -0.0267. The molecular formula is C19H17ClF2N6OS. The first-order valence-electron chi connectivity index (χ1n) is 8.98. The molecule has 0 spiro atoms. The molecule has 2 N–H and O–H groups in total. The highest BCUT2D eigenvalue weighted by molar-refractivity contribution is 7.17. The number of alkyl halides is 2. The van der Waals surface area contributed by atoms with Gasteiger partial charge in [-0.3, -0.25) is 4.79 Å². The second kappa shape index (κ2) is 7.77. The standard InChI is InChI=1S/C19H17ClF2N6OS/c1-10-4-3-5-12(20)16(10)27-17(29)13-7-23-18(30-13)26-14-6-15(25-11(2)24-14)28-8-19(21,22)9-28/h3-7H,8-9H2,1-2H3,(H,27,29)(H,23,24,25,26). The summed E-state index contributed by atoms with van der Waals surface area (Å²) in [7, 11) is 0. The van der Waals surface area contributed by atoms with E-state index in [9.17, 15) is 13.6 Å². The molecule has 30 heavy (non-hydrogen) atoms. The fourth-order valence-electron chi connectivity index (χ4n) is 2.96. The van der Waals surface area contributed by atoms with Gasteiger partial charge in [-0.1, -0.05) is 35.1 Å². The maximum Gasteiger partial charge on any atom is 0.282 e. The van der Waals surface area contributed by atoms with Crippen LogP contribution in [-0.2, 0) is 0 Å². The highest BCUT2D eigenvalue weighted by atomic mass is 35.5. The molecule has 3 heterocycles. The molecule has 11 heteroatoms. The van der Waals surface area contributed by atoms with E-state index < -0.39 is 5.92 Å². The molecule has 1 saturated heterocycles. The number of carbonyl (C=O) groups excluding carboxylic acids is 1. The van der Waals surface area contributed by atoms with Crippen molar-refractivity contribution >= 4 is 51.3 Å². The lowest BCUT2D eigenvalue weighted by Crippen LogP contribution is -2.56. The van der Waals surface area contributed by atoms with Gasteiger partial charge in [0.15, 0.2) is 5.13 Å². The molecule has 7 nitrogen and oxygen atoms in total. The smallest absolute Gasteiger partial charge is 0.282 e. The first-order chi connectivity index (χ1) is 14.2. The summed E-state index contributed by atoms with van der Waals surface area (Å²) >= 11 is 7.29. The zero-order valence-electron chi connectivity index (χ0n) is 16.0. The fraction of sp³-hybridized carbons (Fsp3) is 0.263. The molecule has 0 radical (unpaired) electrons. The summed E-state index contributed by atoms with van der Waals surface area (Å²) in [6.45, 7) is 2.79. The van der Waals surface area contributed by atoms with Gasteiger partial charge in [-0.05, 0) is 25.5 Å². The van der Waals surface area contributed by atoms with Gasteiger partial charge < -0.3 is 15.5 Å². The zero-order valence-corrected chi connectivity index (χ0v) is 17.6. The van der Waals surface area contributed by atoms with Crippen LogP contribution in [0.3, 0.4) is 0 Å². The fourth-order valence-corrected chi connectivity index (χ4v) is 3.95. The molecule has 1 aromatic carbocycles. The molecule has 1 fully saturated rings. The van der Waals surface area contributed by atoms with Crippen molar-refractivity contribution in [2.24, 2.45) is 0 Å². The van der Waals surface area contributed by atoms with Crippen LogP contribution < -0.4 is 15.5 Å². The first-order valence-corrected chi connectivity index (χ1v) is 10.2. The Labute approximate surface area is 180 Å². The van der Waals surface area contributed by atoms with Gasteiger partial charge in [0.05, 0.1) is 30.0 Å². The molecule has 0 unspecified atom stereocenters. The van der Waals surface area contributed by atoms with Crippen molar-refractivity contribution in [2.75, 3.05) is 28.6 Å². The van der Waals surface area contributed by atoms with Gasteiger partial charge in [-0.2, -0.15) is 0 Å². The molecule has 0 saturated carbocycles. The molecule has 156 valence electrons. The highest BCUT2D eigenvalue weighted by Crippen LogP contribution is 2.32. The number of nitrogens with one attached hydrogen (secondary N) is 2. The summed E-state index contributed by atoms with van der Waals surface area (Å²) in [6, 6.07) is 6.94. The number of aryl methyl sites for hydroxylation is 2. The minimum absolute atomic E-state index is 0.334. The molecule has 0 bridgehead atoms. The number of benzene rings is 1. The molecule has 2 aromatic heterocycles. The van der Waals surface area contributed by atoms with Crippen molar-refractivity contribution in [2.45, 2.75) is 19.8 Å². The van der Waals surface area contributed by atoms with Gasteiger partial charge in [0.2, 0.25) is 0 Å². The SMILES string of the molecule is Cc1nc(Nc2ncc(C(=O)Nc3c(C)cccc3Cl)s2)cc(N2CC(F)(F)C2)n1. The van der Waals surface area contributed by atoms with E-state index in [1.165, 1.54) is 11.1 Å². The second-order valence-corrected chi connectivity index (χ2v) is 8.35. The van der Waals surface area contributed by atoms with Crippen LogP contribution in [0.2, 0.25) is 5.02 Å². The molecule has 1 aliphatic rings. The monoisotopic (exact) mass is 450 g/mol. The molecule has 1 aliphatic heterocycles. The third-order valence-electron chi connectivity index (χ3n) is 4.42. The summed E-state index contributed by atoms with van der Waals surface area (Å²) in [5, 5.41) is 6.69. The van der Waals surface area contributed by atoms with Crippen molar-refractivity contribution < 1.29 is 13.6 Å². The number of halogens is 3. The van der Waals surface area contributed by atoms with Crippen molar-refractivity contribution in [3.05, 3.63) is 51.7 Å². The Morgan fingerprint density at radius 2 is 2.03 bits per heavy atom. The molecular weight excluding hydrogens is 434 g/mol. The minimum atomic E-state index is -2.69. The second-order valence-electron chi connectivity index (χ2n) is 6.91. The predicted molar refractivity (Wildman–Crippen MR) is 113 cm³/mol. The summed E-state index contributed by atoms with van der Waals surface area (Å²) in [5.74, 6) is -1.76. The average molecular weight is 451 g/mol. The molecule has 0 aliphatic carbocycles. The van der Waals surface area contributed by atoms with Crippen LogP contribution >= 0.6 is 22.9 Å². The Hall–Kier alpha value is -2.85. The van der Waals surface area contributed by atoms with Gasteiger partial charge in [-0.15, -0.1) is 0 Å². The normalized spacial score (nSPS) is 14.9. The van der Waals surface area contributed by atoms with Crippen LogP contribution in [-0.4, -0.2) is 39.9 Å². The number of amides is 1. The van der Waals surface area contributed by atoms with E-state index in [1.54, 1.807) is 25.1 Å². The third-order valence-corrected chi connectivity index (χ3v) is 5.64. The van der Waals surface area contributed by atoms with Crippen LogP contribution in [0.1, 0.15) is 21.1 Å². The number of hydrogen-bond donors (Lipinski definition) is 2. The Bertz CT molecular complexity index is 1090. The maximum atomic E-state index is 13.2. The Morgan fingerprint density at radius 1 is 1.27 bits per heavy atom. The van der Waals surface area contributed by atoms with Crippen LogP contribution in [0.5, 0.6) is 0 Å². The number of hydrogen-bond acceptors (Lipinski definition) is 7. The van der Waals surface area contributed by atoms with E-state index in [0.717, 1.165) is 16.9 Å². The van der Waals surface area contributed by atoms with Gasteiger partial charge in [-0.25, -0.2) is 23.7 Å². The third kappa shape index (κ3) is 4.34. The number of carbonyl (C=O) groups is 1. The lowest BCUT2D eigenvalue weighted by atomic mass is 10.1. The molecule has 3 aromatic rings. The maximum absolute atomic E-state index is 13.2. The topological polar surface area (TPSA) is 83.0 Å². The van der Waals surface area contributed by atoms with Gasteiger partial charge in [0.1, 0.15) is 22.3 Å². The first kappa shape index (κ1) is 20.4.